The molecule has 3 nitrogen and oxygen atoms in total. The Morgan fingerprint density at radius 2 is 2.11 bits per heavy atom. The van der Waals surface area contributed by atoms with Gasteiger partial charge in [0.15, 0.2) is 0 Å². The number of fused-ring (bicyclic) bond motifs is 1. The lowest BCUT2D eigenvalue weighted by Crippen LogP contribution is -2.47. The van der Waals surface area contributed by atoms with E-state index in [0.717, 1.165) is 6.07 Å². The van der Waals surface area contributed by atoms with E-state index < -0.39 is 23.2 Å². The van der Waals surface area contributed by atoms with Crippen LogP contribution in [0.5, 0.6) is 0 Å². The van der Waals surface area contributed by atoms with Crippen LogP contribution in [0.1, 0.15) is 24.5 Å². The fourth-order valence-electron chi connectivity index (χ4n) is 2.35. The molecule has 0 saturated carbocycles. The molecule has 0 amide bonds. The van der Waals surface area contributed by atoms with Crippen LogP contribution in [0.2, 0.25) is 0 Å². The van der Waals surface area contributed by atoms with Gasteiger partial charge in [0.25, 0.3) is 0 Å². The van der Waals surface area contributed by atoms with Crippen molar-refractivity contribution in [2.24, 2.45) is 0 Å². The molecular weight excluding hydrogens is 259 g/mol. The smallest absolute Gasteiger partial charge is 0.416 e. The molecule has 19 heavy (non-hydrogen) atoms. The highest BCUT2D eigenvalue weighted by atomic mass is 19.4. The Morgan fingerprint density at radius 1 is 1.42 bits per heavy atom. The van der Waals surface area contributed by atoms with E-state index in [1.165, 1.54) is 13.2 Å². The number of ether oxygens (including phenoxy) is 1. The molecule has 0 radical (unpaired) electrons. The van der Waals surface area contributed by atoms with Gasteiger partial charge in [-0.2, -0.15) is 13.2 Å². The fraction of sp³-hybridized carbons (Fsp3) is 0.462. The molecule has 0 aromatic heterocycles. The van der Waals surface area contributed by atoms with Crippen molar-refractivity contribution >= 4 is 11.7 Å². The molecule has 0 saturated heterocycles. The van der Waals surface area contributed by atoms with Crippen LogP contribution in [0.25, 0.3) is 0 Å². The van der Waals surface area contributed by atoms with Gasteiger partial charge in [0.05, 0.1) is 12.7 Å². The third-order valence-electron chi connectivity index (χ3n) is 3.40. The molecule has 1 heterocycles. The first-order valence-corrected chi connectivity index (χ1v) is 5.83. The van der Waals surface area contributed by atoms with Crippen LogP contribution >= 0.6 is 0 Å². The number of benzene rings is 1. The second-order valence-corrected chi connectivity index (χ2v) is 4.78. The Kier molecular flexibility index (Phi) is 3.20. The van der Waals surface area contributed by atoms with E-state index in [9.17, 15) is 18.0 Å². The number of hydrogen-bond donors (Lipinski definition) is 1. The van der Waals surface area contributed by atoms with E-state index in [4.69, 9.17) is 0 Å². The number of anilines is 1. The molecule has 0 fully saturated rings. The predicted octanol–water partition coefficient (Wildman–Crippen LogP) is 3.00. The highest BCUT2D eigenvalue weighted by molar-refractivity contribution is 5.85. The van der Waals surface area contributed by atoms with Crippen LogP contribution in [0.15, 0.2) is 18.2 Å². The van der Waals surface area contributed by atoms with E-state index in [2.05, 4.69) is 10.1 Å². The van der Waals surface area contributed by atoms with E-state index in [1.54, 1.807) is 13.0 Å². The lowest BCUT2D eigenvalue weighted by molar-refractivity contribution is -0.145. The van der Waals surface area contributed by atoms with Crippen molar-refractivity contribution < 1.29 is 22.7 Å². The minimum Gasteiger partial charge on any atom is -0.467 e. The van der Waals surface area contributed by atoms with Crippen LogP contribution < -0.4 is 5.32 Å². The van der Waals surface area contributed by atoms with Gasteiger partial charge in [-0.05, 0) is 37.5 Å². The molecule has 0 spiro atoms. The van der Waals surface area contributed by atoms with Gasteiger partial charge in [0.2, 0.25) is 0 Å². The Hall–Kier alpha value is -1.72. The number of carbonyl (C=O) groups is 1. The van der Waals surface area contributed by atoms with Gasteiger partial charge < -0.3 is 10.1 Å². The zero-order valence-electron chi connectivity index (χ0n) is 10.6. The van der Waals surface area contributed by atoms with Gasteiger partial charge in [0, 0.05) is 5.69 Å². The minimum absolute atomic E-state index is 0.184. The molecule has 1 aliphatic heterocycles. The number of alkyl halides is 3. The summed E-state index contributed by atoms with van der Waals surface area (Å²) in [7, 11) is 1.26. The number of methoxy groups -OCH3 is 1. The van der Waals surface area contributed by atoms with Crippen molar-refractivity contribution in [1.82, 2.24) is 0 Å². The molecular formula is C13H14F3NO2. The van der Waals surface area contributed by atoms with Crippen LogP contribution in [-0.2, 0) is 22.1 Å². The largest absolute Gasteiger partial charge is 0.467 e. The zero-order valence-corrected chi connectivity index (χ0v) is 10.6. The minimum atomic E-state index is -4.38. The van der Waals surface area contributed by atoms with E-state index in [0.29, 0.717) is 5.69 Å². The Balaban J connectivity index is 2.41. The van der Waals surface area contributed by atoms with Crippen LogP contribution in [0.4, 0.5) is 18.9 Å². The molecule has 1 aromatic rings. The van der Waals surface area contributed by atoms with E-state index in [1.807, 2.05) is 0 Å². The average Bonchev–Trinajstić information content (AvgIpc) is 2.35. The molecule has 0 aliphatic carbocycles. The maximum Gasteiger partial charge on any atom is 0.416 e. The zero-order chi connectivity index (χ0) is 14.3. The second kappa shape index (κ2) is 4.43. The maximum absolute atomic E-state index is 12.9. The van der Waals surface area contributed by atoms with Crippen molar-refractivity contribution in [2.45, 2.75) is 31.5 Å². The summed E-state index contributed by atoms with van der Waals surface area (Å²) in [6.07, 6.45) is -3.94. The summed E-state index contributed by atoms with van der Waals surface area (Å²) in [4.78, 5) is 11.7. The maximum atomic E-state index is 12.9. The SMILES string of the molecule is COC(=O)C1(C)CCc2c(cccc2C(F)(F)F)N1. The number of halogens is 3. The summed E-state index contributed by atoms with van der Waals surface area (Å²) in [6.45, 7) is 1.63. The third-order valence-corrected chi connectivity index (χ3v) is 3.40. The summed E-state index contributed by atoms with van der Waals surface area (Å²) >= 11 is 0. The van der Waals surface area contributed by atoms with Gasteiger partial charge in [-0.25, -0.2) is 4.79 Å². The lowest BCUT2D eigenvalue weighted by Gasteiger charge is -2.35. The van der Waals surface area contributed by atoms with Crippen molar-refractivity contribution in [3.05, 3.63) is 29.3 Å². The second-order valence-electron chi connectivity index (χ2n) is 4.78. The normalized spacial score (nSPS) is 22.4. The number of hydrogen-bond acceptors (Lipinski definition) is 3. The van der Waals surface area contributed by atoms with Gasteiger partial charge in [-0.1, -0.05) is 6.07 Å². The Morgan fingerprint density at radius 3 is 2.68 bits per heavy atom. The monoisotopic (exact) mass is 273 g/mol. The summed E-state index contributed by atoms with van der Waals surface area (Å²) in [6, 6.07) is 3.93. The predicted molar refractivity (Wildman–Crippen MR) is 63.8 cm³/mol. The first kappa shape index (κ1) is 13.7. The Bertz CT molecular complexity index is 513. The first-order valence-electron chi connectivity index (χ1n) is 5.83. The molecule has 1 aromatic carbocycles. The molecule has 2 rings (SSSR count). The highest BCUT2D eigenvalue weighted by Crippen LogP contribution is 2.40. The van der Waals surface area contributed by atoms with Crippen molar-refractivity contribution in [1.29, 1.82) is 0 Å². The number of esters is 1. The van der Waals surface area contributed by atoms with E-state index >= 15 is 0 Å². The van der Waals surface area contributed by atoms with Gasteiger partial charge in [0.1, 0.15) is 5.54 Å². The average molecular weight is 273 g/mol. The van der Waals surface area contributed by atoms with Gasteiger partial charge in [-0.15, -0.1) is 0 Å². The fourth-order valence-corrected chi connectivity index (χ4v) is 2.35. The molecule has 1 atom stereocenters. The summed E-state index contributed by atoms with van der Waals surface area (Å²) in [5.74, 6) is -0.476. The number of rotatable bonds is 1. The molecule has 1 N–H and O–H groups in total. The summed E-state index contributed by atoms with van der Waals surface area (Å²) < 4.78 is 43.3. The Labute approximate surface area is 108 Å². The van der Waals surface area contributed by atoms with Gasteiger partial charge >= 0.3 is 12.1 Å². The number of carbonyl (C=O) groups excluding carboxylic acids is 1. The molecule has 0 bridgehead atoms. The van der Waals surface area contributed by atoms with Crippen molar-refractivity contribution in [3.63, 3.8) is 0 Å². The molecule has 1 aliphatic rings. The summed E-state index contributed by atoms with van der Waals surface area (Å²) in [5.41, 5.74) is -1.08. The summed E-state index contributed by atoms with van der Waals surface area (Å²) in [5, 5.41) is 2.86. The first-order chi connectivity index (χ1) is 8.78. The van der Waals surface area contributed by atoms with Crippen molar-refractivity contribution in [3.8, 4) is 0 Å². The van der Waals surface area contributed by atoms with Gasteiger partial charge in [-0.3, -0.25) is 0 Å². The van der Waals surface area contributed by atoms with Crippen molar-refractivity contribution in [2.75, 3.05) is 12.4 Å². The van der Waals surface area contributed by atoms with Crippen LogP contribution in [-0.4, -0.2) is 18.6 Å². The van der Waals surface area contributed by atoms with E-state index in [-0.39, 0.29) is 18.4 Å². The standard InChI is InChI=1S/C13H14F3NO2/c1-12(11(18)19-2)7-6-8-9(13(14,15)16)4-3-5-10(8)17-12/h3-5,17H,6-7H2,1-2H3. The topological polar surface area (TPSA) is 38.3 Å². The highest BCUT2D eigenvalue weighted by Gasteiger charge is 2.41. The third kappa shape index (κ3) is 2.39. The number of nitrogens with one attached hydrogen (secondary N) is 1. The molecule has 104 valence electrons. The van der Waals surface area contributed by atoms with Crippen LogP contribution in [0, 0.1) is 0 Å². The molecule has 1 unspecified atom stereocenters. The molecule has 6 heteroatoms. The lowest BCUT2D eigenvalue weighted by atomic mass is 9.85. The van der Waals surface area contributed by atoms with Crippen LogP contribution in [0.3, 0.4) is 0 Å². The quantitative estimate of drug-likeness (QED) is 0.799.